The van der Waals surface area contributed by atoms with Crippen LogP contribution in [0, 0.1) is 12.8 Å². The predicted octanol–water partition coefficient (Wildman–Crippen LogP) is 3.60. The molecule has 7 nitrogen and oxygen atoms in total. The van der Waals surface area contributed by atoms with Crippen molar-refractivity contribution < 1.29 is 14.7 Å². The van der Waals surface area contributed by atoms with E-state index in [0.717, 1.165) is 61.3 Å². The third kappa shape index (κ3) is 4.11. The number of nitrogens with one attached hydrogen (secondary N) is 2. The van der Waals surface area contributed by atoms with E-state index in [0.29, 0.717) is 31.1 Å². The highest BCUT2D eigenvalue weighted by Crippen LogP contribution is 2.49. The molecule has 1 saturated heterocycles. The first-order valence-corrected chi connectivity index (χ1v) is 12.7. The fraction of sp³-hybridized carbons (Fsp3) is 0.556. The number of hydrogen-bond donors (Lipinski definition) is 3. The number of benzene rings is 1. The number of phenolic OH excluding ortho intramolecular Hbond substituents is 1. The van der Waals surface area contributed by atoms with E-state index in [9.17, 15) is 14.7 Å². The zero-order valence-electron chi connectivity index (χ0n) is 20.9. The van der Waals surface area contributed by atoms with Gasteiger partial charge in [0.05, 0.1) is 0 Å². The number of fused-ring (bicyclic) bond motifs is 2. The zero-order valence-corrected chi connectivity index (χ0v) is 20.9. The van der Waals surface area contributed by atoms with E-state index in [-0.39, 0.29) is 23.1 Å². The fourth-order valence-electron chi connectivity index (χ4n) is 6.22. The Hall–Kier alpha value is -2.80. The Labute approximate surface area is 202 Å². The lowest BCUT2D eigenvalue weighted by Crippen LogP contribution is -2.54. The summed E-state index contributed by atoms with van der Waals surface area (Å²) in [6.07, 6.45) is 3.56. The molecule has 7 heteroatoms. The minimum Gasteiger partial charge on any atom is -0.508 e. The van der Waals surface area contributed by atoms with Crippen molar-refractivity contribution in [3.05, 3.63) is 52.3 Å². The van der Waals surface area contributed by atoms with Crippen molar-refractivity contribution in [1.82, 2.24) is 20.1 Å². The van der Waals surface area contributed by atoms with Crippen LogP contribution in [0.2, 0.25) is 0 Å². The summed E-state index contributed by atoms with van der Waals surface area (Å²) in [5.74, 6) is 0.404. The molecule has 34 heavy (non-hydrogen) atoms. The molecule has 0 bridgehead atoms. The first-order valence-electron chi connectivity index (χ1n) is 12.7. The molecule has 1 aromatic heterocycles. The molecular formula is C27H38N4O3. The van der Waals surface area contributed by atoms with Crippen molar-refractivity contribution >= 4 is 11.9 Å². The molecule has 2 aliphatic rings. The second kappa shape index (κ2) is 9.82. The van der Waals surface area contributed by atoms with Gasteiger partial charge in [0.1, 0.15) is 11.4 Å². The van der Waals surface area contributed by atoms with Crippen molar-refractivity contribution in [3.63, 3.8) is 0 Å². The standard InChI is InChI=1S/C27H38N4O3/c1-5-12-30-13-11-27(19-9-8-10-21(32)14-19)16-23-22(15-20(27)17-30)18(4)24(25(33)28-6-2)31(23)26(34)29-7-3/h8-10,14,20,32H,5-7,11-13,15-17H2,1-4H3,(H,28,33)(H,29,34)/t20-,27+/m1/s1. The van der Waals surface area contributed by atoms with E-state index in [1.54, 1.807) is 10.6 Å². The normalized spacial score (nSPS) is 22.1. The summed E-state index contributed by atoms with van der Waals surface area (Å²) in [6.45, 7) is 12.0. The topological polar surface area (TPSA) is 86.6 Å². The maximum Gasteiger partial charge on any atom is 0.326 e. The summed E-state index contributed by atoms with van der Waals surface area (Å²) < 4.78 is 1.64. The van der Waals surface area contributed by atoms with E-state index in [4.69, 9.17) is 0 Å². The van der Waals surface area contributed by atoms with Gasteiger partial charge in [0, 0.05) is 30.7 Å². The van der Waals surface area contributed by atoms with Gasteiger partial charge in [0.2, 0.25) is 0 Å². The van der Waals surface area contributed by atoms with Crippen LogP contribution >= 0.6 is 0 Å². The lowest BCUT2D eigenvalue weighted by atomic mass is 9.58. The van der Waals surface area contributed by atoms with Gasteiger partial charge in [-0.2, -0.15) is 0 Å². The molecule has 1 fully saturated rings. The van der Waals surface area contributed by atoms with Gasteiger partial charge < -0.3 is 20.6 Å². The molecule has 0 radical (unpaired) electrons. The Morgan fingerprint density at radius 3 is 2.62 bits per heavy atom. The summed E-state index contributed by atoms with van der Waals surface area (Å²) in [4.78, 5) is 28.9. The van der Waals surface area contributed by atoms with E-state index < -0.39 is 0 Å². The summed E-state index contributed by atoms with van der Waals surface area (Å²) in [6, 6.07) is 7.39. The average molecular weight is 467 g/mol. The molecule has 1 aromatic carbocycles. The van der Waals surface area contributed by atoms with Crippen LogP contribution in [0.15, 0.2) is 24.3 Å². The second-order valence-electron chi connectivity index (χ2n) is 9.76. The predicted molar refractivity (Wildman–Crippen MR) is 134 cm³/mol. The number of aromatic nitrogens is 1. The van der Waals surface area contributed by atoms with E-state index in [1.165, 1.54) is 0 Å². The minimum atomic E-state index is -0.249. The Morgan fingerprint density at radius 2 is 1.94 bits per heavy atom. The van der Waals surface area contributed by atoms with Crippen molar-refractivity contribution in [2.24, 2.45) is 5.92 Å². The van der Waals surface area contributed by atoms with E-state index >= 15 is 0 Å². The number of rotatable bonds is 6. The van der Waals surface area contributed by atoms with Gasteiger partial charge in [-0.05, 0) is 94.3 Å². The molecule has 0 spiro atoms. The fourth-order valence-corrected chi connectivity index (χ4v) is 6.22. The van der Waals surface area contributed by atoms with Gasteiger partial charge in [-0.3, -0.25) is 9.36 Å². The number of amides is 2. The Kier molecular flexibility index (Phi) is 7.03. The largest absolute Gasteiger partial charge is 0.508 e. The van der Waals surface area contributed by atoms with Crippen LogP contribution in [0.5, 0.6) is 5.75 Å². The number of nitrogens with zero attached hydrogens (tertiary/aromatic N) is 2. The van der Waals surface area contributed by atoms with Crippen LogP contribution in [0.25, 0.3) is 0 Å². The molecule has 0 saturated carbocycles. The highest BCUT2D eigenvalue weighted by atomic mass is 16.3. The van der Waals surface area contributed by atoms with E-state index in [1.807, 2.05) is 32.9 Å². The van der Waals surface area contributed by atoms with Crippen molar-refractivity contribution in [2.45, 2.75) is 58.8 Å². The van der Waals surface area contributed by atoms with Gasteiger partial charge in [0.25, 0.3) is 5.91 Å². The van der Waals surface area contributed by atoms with Crippen LogP contribution < -0.4 is 10.6 Å². The number of carbonyl (C=O) groups is 2. The molecule has 0 unspecified atom stereocenters. The lowest BCUT2D eigenvalue weighted by molar-refractivity contribution is 0.0804. The van der Waals surface area contributed by atoms with Crippen molar-refractivity contribution in [2.75, 3.05) is 32.7 Å². The second-order valence-corrected chi connectivity index (χ2v) is 9.76. The molecule has 184 valence electrons. The number of piperidine rings is 1. The highest BCUT2D eigenvalue weighted by Gasteiger charge is 2.49. The summed E-state index contributed by atoms with van der Waals surface area (Å²) in [5, 5.41) is 16.1. The summed E-state index contributed by atoms with van der Waals surface area (Å²) in [7, 11) is 0. The number of likely N-dealkylation sites (tertiary alicyclic amines) is 1. The molecule has 2 atom stereocenters. The Morgan fingerprint density at radius 1 is 1.18 bits per heavy atom. The zero-order chi connectivity index (χ0) is 24.5. The third-order valence-corrected chi connectivity index (χ3v) is 7.76. The van der Waals surface area contributed by atoms with Gasteiger partial charge in [-0.25, -0.2) is 4.79 Å². The number of carbonyl (C=O) groups excluding carboxylic acids is 2. The molecule has 3 N–H and O–H groups in total. The third-order valence-electron chi connectivity index (χ3n) is 7.76. The minimum absolute atomic E-state index is 0.191. The van der Waals surface area contributed by atoms with Gasteiger partial charge >= 0.3 is 6.03 Å². The number of aromatic hydroxyl groups is 1. The average Bonchev–Trinajstić information content (AvgIpc) is 3.09. The maximum atomic E-state index is 13.3. The van der Waals surface area contributed by atoms with Crippen LogP contribution in [-0.2, 0) is 18.3 Å². The molecular weight excluding hydrogens is 428 g/mol. The number of phenols is 1. The maximum absolute atomic E-state index is 13.3. The van der Waals surface area contributed by atoms with Crippen molar-refractivity contribution in [1.29, 1.82) is 0 Å². The first kappa shape index (κ1) is 24.3. The Bertz CT molecular complexity index is 1080. The molecule has 2 amide bonds. The van der Waals surface area contributed by atoms with Gasteiger partial charge in [0.15, 0.2) is 0 Å². The molecule has 1 aliphatic carbocycles. The monoisotopic (exact) mass is 466 g/mol. The van der Waals surface area contributed by atoms with Crippen LogP contribution in [0.3, 0.4) is 0 Å². The molecule has 2 aromatic rings. The smallest absolute Gasteiger partial charge is 0.326 e. The Balaban J connectivity index is 1.89. The lowest BCUT2D eigenvalue weighted by Gasteiger charge is -2.51. The summed E-state index contributed by atoms with van der Waals surface area (Å²) in [5.41, 5.74) is 4.36. The number of hydrogen-bond acceptors (Lipinski definition) is 4. The molecule has 4 rings (SSSR count). The first-order chi connectivity index (χ1) is 16.4. The van der Waals surface area contributed by atoms with Crippen LogP contribution in [0.1, 0.15) is 66.5 Å². The van der Waals surface area contributed by atoms with Gasteiger partial charge in [-0.15, -0.1) is 0 Å². The van der Waals surface area contributed by atoms with E-state index in [2.05, 4.69) is 28.5 Å². The molecule has 1 aliphatic heterocycles. The molecule has 2 heterocycles. The van der Waals surface area contributed by atoms with Crippen molar-refractivity contribution in [3.8, 4) is 5.75 Å². The SMILES string of the molecule is CCCN1CC[C@@]2(c3cccc(O)c3)Cc3c(c(C)c(C(=O)NCC)n3C(=O)NCC)C[C@@H]2C1. The van der Waals surface area contributed by atoms with Gasteiger partial charge in [-0.1, -0.05) is 19.1 Å². The quantitative estimate of drug-likeness (QED) is 0.607. The highest BCUT2D eigenvalue weighted by molar-refractivity contribution is 5.99. The van der Waals surface area contributed by atoms with Crippen LogP contribution in [0.4, 0.5) is 4.79 Å². The summed E-state index contributed by atoms with van der Waals surface area (Å²) >= 11 is 0. The van der Waals surface area contributed by atoms with Crippen LogP contribution in [-0.4, -0.2) is 59.2 Å².